The monoisotopic (exact) mass is 430 g/mol. The molecule has 30 heavy (non-hydrogen) atoms. The summed E-state index contributed by atoms with van der Waals surface area (Å²) in [7, 11) is 1.58. The number of aryl methyl sites for hydroxylation is 1. The van der Waals surface area contributed by atoms with E-state index in [2.05, 4.69) is 20.6 Å². The van der Waals surface area contributed by atoms with Gasteiger partial charge in [-0.2, -0.15) is 0 Å². The maximum absolute atomic E-state index is 13.0. The number of anilines is 1. The van der Waals surface area contributed by atoms with Gasteiger partial charge in [0.25, 0.3) is 0 Å². The summed E-state index contributed by atoms with van der Waals surface area (Å²) in [5.74, 6) is 0.524. The van der Waals surface area contributed by atoms with Gasteiger partial charge in [-0.05, 0) is 51.9 Å². The van der Waals surface area contributed by atoms with Gasteiger partial charge in [-0.15, -0.1) is 11.3 Å². The van der Waals surface area contributed by atoms with Crippen molar-refractivity contribution >= 4 is 28.8 Å². The molecule has 0 spiro atoms. The molecular formula is C22H30N4O3S. The van der Waals surface area contributed by atoms with E-state index in [0.29, 0.717) is 18.0 Å². The molecule has 2 heterocycles. The van der Waals surface area contributed by atoms with Crippen molar-refractivity contribution in [1.82, 2.24) is 14.8 Å². The first-order valence-electron chi connectivity index (χ1n) is 10.3. The van der Waals surface area contributed by atoms with Crippen molar-refractivity contribution in [2.45, 2.75) is 33.2 Å². The van der Waals surface area contributed by atoms with Crippen molar-refractivity contribution in [3.8, 4) is 5.75 Å². The number of aromatic nitrogens is 1. The van der Waals surface area contributed by atoms with Crippen LogP contribution in [-0.2, 0) is 16.1 Å². The highest BCUT2D eigenvalue weighted by atomic mass is 32.1. The van der Waals surface area contributed by atoms with E-state index in [4.69, 9.17) is 4.74 Å². The van der Waals surface area contributed by atoms with E-state index in [0.717, 1.165) is 43.2 Å². The van der Waals surface area contributed by atoms with E-state index in [1.54, 1.807) is 35.5 Å². The van der Waals surface area contributed by atoms with Crippen molar-refractivity contribution in [2.75, 3.05) is 38.6 Å². The quantitative estimate of drug-likeness (QED) is 0.696. The summed E-state index contributed by atoms with van der Waals surface area (Å²) >= 11 is 1.67. The standard InChI is InChI=1S/C22H30N4O3S/c1-4-26(14-21(27)24-18-6-5-7-20(12-18)29-3)22(28)17-8-10-25(11-9-17)13-19-15-30-16(2)23-19/h5-7,12,15,17H,4,8-11,13-14H2,1-3H3,(H,24,27). The number of carbonyl (C=O) groups excluding carboxylic acids is 2. The smallest absolute Gasteiger partial charge is 0.243 e. The molecule has 1 aromatic carbocycles. The molecule has 7 nitrogen and oxygen atoms in total. The Balaban J connectivity index is 1.48. The van der Waals surface area contributed by atoms with Crippen LogP contribution in [0.5, 0.6) is 5.75 Å². The number of nitrogens with one attached hydrogen (secondary N) is 1. The number of likely N-dealkylation sites (tertiary alicyclic amines) is 1. The average molecular weight is 431 g/mol. The number of benzene rings is 1. The zero-order valence-corrected chi connectivity index (χ0v) is 18.7. The molecule has 2 amide bonds. The van der Waals surface area contributed by atoms with Crippen molar-refractivity contribution in [3.63, 3.8) is 0 Å². The van der Waals surface area contributed by atoms with Crippen LogP contribution in [0.25, 0.3) is 0 Å². The van der Waals surface area contributed by atoms with Crippen LogP contribution in [0.15, 0.2) is 29.6 Å². The number of thiazole rings is 1. The van der Waals surface area contributed by atoms with Crippen LogP contribution >= 0.6 is 11.3 Å². The number of ether oxygens (including phenoxy) is 1. The van der Waals surface area contributed by atoms with Gasteiger partial charge < -0.3 is 15.0 Å². The molecule has 0 aliphatic carbocycles. The lowest BCUT2D eigenvalue weighted by Gasteiger charge is -2.33. The van der Waals surface area contributed by atoms with Gasteiger partial charge in [0.05, 0.1) is 24.4 Å². The lowest BCUT2D eigenvalue weighted by molar-refractivity contribution is -0.139. The molecule has 162 valence electrons. The minimum Gasteiger partial charge on any atom is -0.497 e. The third kappa shape index (κ3) is 6.03. The van der Waals surface area contributed by atoms with E-state index in [-0.39, 0.29) is 24.3 Å². The first kappa shape index (κ1) is 22.2. The van der Waals surface area contributed by atoms with Crippen LogP contribution in [0.3, 0.4) is 0 Å². The predicted molar refractivity (Wildman–Crippen MR) is 119 cm³/mol. The largest absolute Gasteiger partial charge is 0.497 e. The molecule has 0 radical (unpaired) electrons. The molecule has 3 rings (SSSR count). The second kappa shape index (κ2) is 10.5. The maximum atomic E-state index is 13.0. The summed E-state index contributed by atoms with van der Waals surface area (Å²) < 4.78 is 5.18. The van der Waals surface area contributed by atoms with E-state index >= 15 is 0 Å². The van der Waals surface area contributed by atoms with Crippen molar-refractivity contribution in [2.24, 2.45) is 5.92 Å². The average Bonchev–Trinajstić information content (AvgIpc) is 3.16. The van der Waals surface area contributed by atoms with Crippen LogP contribution in [0.2, 0.25) is 0 Å². The maximum Gasteiger partial charge on any atom is 0.243 e. The van der Waals surface area contributed by atoms with Crippen LogP contribution in [-0.4, -0.2) is 59.9 Å². The molecule has 1 aliphatic heterocycles. The summed E-state index contributed by atoms with van der Waals surface area (Å²) in [6.07, 6.45) is 1.63. The molecule has 0 atom stereocenters. The van der Waals surface area contributed by atoms with Crippen LogP contribution in [0, 0.1) is 12.8 Å². The number of methoxy groups -OCH3 is 1. The predicted octanol–water partition coefficient (Wildman–Crippen LogP) is 3.16. The zero-order valence-electron chi connectivity index (χ0n) is 17.9. The van der Waals surface area contributed by atoms with Crippen molar-refractivity contribution in [1.29, 1.82) is 0 Å². The van der Waals surface area contributed by atoms with E-state index < -0.39 is 0 Å². The summed E-state index contributed by atoms with van der Waals surface area (Å²) in [6, 6.07) is 7.20. The molecule has 1 aliphatic rings. The normalized spacial score (nSPS) is 15.0. The van der Waals surface area contributed by atoms with Crippen molar-refractivity contribution < 1.29 is 14.3 Å². The van der Waals surface area contributed by atoms with Crippen molar-refractivity contribution in [3.05, 3.63) is 40.3 Å². The number of piperidine rings is 1. The fourth-order valence-electron chi connectivity index (χ4n) is 3.73. The van der Waals surface area contributed by atoms with Gasteiger partial charge in [0.1, 0.15) is 5.75 Å². The third-order valence-electron chi connectivity index (χ3n) is 5.37. The van der Waals surface area contributed by atoms with E-state index in [9.17, 15) is 9.59 Å². The Bertz CT molecular complexity index is 862. The Hall–Kier alpha value is -2.45. The van der Waals surface area contributed by atoms with Gasteiger partial charge in [-0.1, -0.05) is 6.07 Å². The Morgan fingerprint density at radius 1 is 1.33 bits per heavy atom. The lowest BCUT2D eigenvalue weighted by Crippen LogP contribution is -2.45. The molecule has 1 fully saturated rings. The molecule has 0 unspecified atom stereocenters. The van der Waals surface area contributed by atoms with Gasteiger partial charge in [-0.25, -0.2) is 4.98 Å². The third-order valence-corrected chi connectivity index (χ3v) is 6.19. The Morgan fingerprint density at radius 3 is 2.73 bits per heavy atom. The zero-order chi connectivity index (χ0) is 21.5. The second-order valence-electron chi connectivity index (χ2n) is 7.54. The van der Waals surface area contributed by atoms with Crippen LogP contribution < -0.4 is 10.1 Å². The molecule has 0 bridgehead atoms. The summed E-state index contributed by atoms with van der Waals surface area (Å²) in [4.78, 5) is 34.0. The molecule has 1 saturated heterocycles. The number of nitrogens with zero attached hydrogens (tertiary/aromatic N) is 3. The minimum absolute atomic E-state index is 0.0250. The SMILES string of the molecule is CCN(CC(=O)Nc1cccc(OC)c1)C(=O)C1CCN(Cc2csc(C)n2)CC1. The molecule has 8 heteroatoms. The van der Waals surface area contributed by atoms with Gasteiger partial charge in [-0.3, -0.25) is 14.5 Å². The summed E-state index contributed by atoms with van der Waals surface area (Å²) in [6.45, 7) is 7.10. The molecule has 1 aromatic heterocycles. The fraction of sp³-hybridized carbons (Fsp3) is 0.500. The Labute approximate surface area is 182 Å². The topological polar surface area (TPSA) is 74.8 Å². The fourth-order valence-corrected chi connectivity index (χ4v) is 4.33. The number of hydrogen-bond acceptors (Lipinski definition) is 6. The second-order valence-corrected chi connectivity index (χ2v) is 8.60. The van der Waals surface area contributed by atoms with Gasteiger partial charge in [0, 0.05) is 36.1 Å². The molecule has 0 saturated carbocycles. The van der Waals surface area contributed by atoms with Gasteiger partial charge in [0.15, 0.2) is 0 Å². The lowest BCUT2D eigenvalue weighted by atomic mass is 9.95. The number of likely N-dealkylation sites (N-methyl/N-ethyl adjacent to an activating group) is 1. The van der Waals surface area contributed by atoms with E-state index in [1.807, 2.05) is 26.0 Å². The molecular weight excluding hydrogens is 400 g/mol. The summed E-state index contributed by atoms with van der Waals surface area (Å²) in [5.41, 5.74) is 1.76. The van der Waals surface area contributed by atoms with Crippen LogP contribution in [0.4, 0.5) is 5.69 Å². The highest BCUT2D eigenvalue weighted by Gasteiger charge is 2.29. The van der Waals surface area contributed by atoms with E-state index in [1.165, 1.54) is 0 Å². The first-order chi connectivity index (χ1) is 14.5. The number of amides is 2. The number of carbonyl (C=O) groups is 2. The summed E-state index contributed by atoms with van der Waals surface area (Å²) in [5, 5.41) is 6.04. The molecule has 1 N–H and O–H groups in total. The highest BCUT2D eigenvalue weighted by molar-refractivity contribution is 7.09. The Kier molecular flexibility index (Phi) is 7.81. The number of hydrogen-bond donors (Lipinski definition) is 1. The first-order valence-corrected chi connectivity index (χ1v) is 11.2. The Morgan fingerprint density at radius 2 is 2.10 bits per heavy atom. The number of rotatable bonds is 8. The van der Waals surface area contributed by atoms with Gasteiger partial charge in [0.2, 0.25) is 11.8 Å². The van der Waals surface area contributed by atoms with Gasteiger partial charge >= 0.3 is 0 Å². The van der Waals surface area contributed by atoms with Crippen LogP contribution in [0.1, 0.15) is 30.5 Å². The highest BCUT2D eigenvalue weighted by Crippen LogP contribution is 2.22. The minimum atomic E-state index is -0.199. The molecule has 2 aromatic rings.